The van der Waals surface area contributed by atoms with E-state index in [1.54, 1.807) is 50.2 Å². The van der Waals surface area contributed by atoms with Gasteiger partial charge >= 0.3 is 5.97 Å². The molecule has 1 atom stereocenters. The minimum absolute atomic E-state index is 0.0400. The Balaban J connectivity index is 1.85. The Morgan fingerprint density at radius 1 is 1.03 bits per heavy atom. The van der Waals surface area contributed by atoms with E-state index in [-0.39, 0.29) is 17.8 Å². The molecule has 1 aromatic heterocycles. The third-order valence-corrected chi connectivity index (χ3v) is 4.01. The Morgan fingerprint density at radius 2 is 1.79 bits per heavy atom. The van der Waals surface area contributed by atoms with Crippen molar-refractivity contribution in [1.29, 1.82) is 0 Å². The van der Waals surface area contributed by atoms with Gasteiger partial charge < -0.3 is 23.4 Å². The number of rotatable bonds is 8. The molecule has 0 aliphatic heterocycles. The molecule has 0 aliphatic carbocycles. The highest BCUT2D eigenvalue weighted by atomic mass is 16.6. The summed E-state index contributed by atoms with van der Waals surface area (Å²) in [6, 6.07) is 11.8. The molecule has 0 bridgehead atoms. The zero-order valence-electron chi connectivity index (χ0n) is 16.5. The fourth-order valence-electron chi connectivity index (χ4n) is 2.67. The third kappa shape index (κ3) is 4.68. The van der Waals surface area contributed by atoms with Crippen LogP contribution >= 0.6 is 0 Å². The maximum atomic E-state index is 12.8. The molecule has 0 N–H and O–H groups in total. The zero-order chi connectivity index (χ0) is 20.8. The molecule has 0 amide bonds. The Bertz CT molecular complexity index is 1050. The highest BCUT2D eigenvalue weighted by molar-refractivity contribution is 5.79. The van der Waals surface area contributed by atoms with E-state index in [4.69, 9.17) is 23.4 Å². The van der Waals surface area contributed by atoms with Crippen LogP contribution in [-0.4, -0.2) is 25.3 Å². The average molecular weight is 398 g/mol. The van der Waals surface area contributed by atoms with Gasteiger partial charge in [-0.25, -0.2) is 4.79 Å². The molecule has 1 heterocycles. The number of fused-ring (bicyclic) bond motifs is 1. The van der Waals surface area contributed by atoms with Crippen LogP contribution in [0.15, 0.2) is 57.9 Å². The van der Waals surface area contributed by atoms with Crippen molar-refractivity contribution in [3.05, 3.63) is 59.0 Å². The first-order valence-electron chi connectivity index (χ1n) is 9.32. The van der Waals surface area contributed by atoms with E-state index >= 15 is 0 Å². The standard InChI is InChI=1S/C22H22O7/c1-4-25-17-8-6-7-9-18(17)29-20-13-27-19-12-15(10-11-16(19)21(20)23)28-14(3)22(24)26-5-2/h6-14H,4-5H2,1-3H3/t14-/m0/s1. The molecule has 0 radical (unpaired) electrons. The van der Waals surface area contributed by atoms with E-state index in [2.05, 4.69) is 0 Å². The van der Waals surface area contributed by atoms with E-state index in [1.165, 1.54) is 6.26 Å². The topological polar surface area (TPSA) is 84.2 Å². The Kier molecular flexibility index (Phi) is 6.39. The van der Waals surface area contributed by atoms with E-state index in [0.29, 0.717) is 34.8 Å². The number of esters is 1. The first-order chi connectivity index (χ1) is 14.0. The van der Waals surface area contributed by atoms with Gasteiger partial charge in [-0.1, -0.05) is 12.1 Å². The molecular formula is C22H22O7. The molecule has 29 heavy (non-hydrogen) atoms. The lowest BCUT2D eigenvalue weighted by atomic mass is 10.2. The predicted molar refractivity (Wildman–Crippen MR) is 107 cm³/mol. The molecule has 0 fully saturated rings. The second-order valence-electron chi connectivity index (χ2n) is 6.08. The second-order valence-corrected chi connectivity index (χ2v) is 6.08. The van der Waals surface area contributed by atoms with Gasteiger partial charge in [0.2, 0.25) is 11.2 Å². The largest absolute Gasteiger partial charge is 0.490 e. The van der Waals surface area contributed by atoms with Crippen LogP contribution in [0.5, 0.6) is 23.0 Å². The Hall–Kier alpha value is -3.48. The van der Waals surface area contributed by atoms with Crippen LogP contribution in [0.2, 0.25) is 0 Å². The van der Waals surface area contributed by atoms with Crippen LogP contribution in [0.3, 0.4) is 0 Å². The van der Waals surface area contributed by atoms with Gasteiger partial charge in [0.15, 0.2) is 17.6 Å². The molecule has 3 rings (SSSR count). The van der Waals surface area contributed by atoms with Crippen LogP contribution in [0.1, 0.15) is 20.8 Å². The maximum Gasteiger partial charge on any atom is 0.347 e. The smallest absolute Gasteiger partial charge is 0.347 e. The summed E-state index contributed by atoms with van der Waals surface area (Å²) >= 11 is 0. The molecule has 0 saturated heterocycles. The van der Waals surface area contributed by atoms with Gasteiger partial charge in [-0.2, -0.15) is 0 Å². The molecule has 2 aromatic carbocycles. The van der Waals surface area contributed by atoms with Gasteiger partial charge in [0.05, 0.1) is 18.6 Å². The van der Waals surface area contributed by atoms with Crippen molar-refractivity contribution in [2.24, 2.45) is 0 Å². The fourth-order valence-corrected chi connectivity index (χ4v) is 2.67. The molecule has 0 unspecified atom stereocenters. The zero-order valence-corrected chi connectivity index (χ0v) is 16.5. The SMILES string of the molecule is CCOC(=O)[C@H](C)Oc1ccc2c(=O)c(Oc3ccccc3OCC)coc2c1. The molecular weight excluding hydrogens is 376 g/mol. The van der Waals surface area contributed by atoms with Crippen molar-refractivity contribution < 1.29 is 28.2 Å². The molecule has 7 nitrogen and oxygen atoms in total. The summed E-state index contributed by atoms with van der Waals surface area (Å²) < 4.78 is 27.3. The molecule has 0 saturated carbocycles. The molecule has 0 spiro atoms. The lowest BCUT2D eigenvalue weighted by Crippen LogP contribution is -2.26. The molecule has 3 aromatic rings. The monoisotopic (exact) mass is 398 g/mol. The first-order valence-corrected chi connectivity index (χ1v) is 9.32. The summed E-state index contributed by atoms with van der Waals surface area (Å²) in [6.07, 6.45) is 0.461. The van der Waals surface area contributed by atoms with E-state index in [1.807, 2.05) is 13.0 Å². The lowest BCUT2D eigenvalue weighted by molar-refractivity contribution is -0.150. The number of carbonyl (C=O) groups is 1. The number of benzene rings is 2. The highest BCUT2D eigenvalue weighted by Crippen LogP contribution is 2.31. The van der Waals surface area contributed by atoms with E-state index in [9.17, 15) is 9.59 Å². The van der Waals surface area contributed by atoms with Gasteiger partial charge in [-0.05, 0) is 45.0 Å². The Morgan fingerprint density at radius 3 is 2.52 bits per heavy atom. The molecule has 7 heteroatoms. The number of para-hydroxylation sites is 2. The van der Waals surface area contributed by atoms with Crippen molar-refractivity contribution in [3.63, 3.8) is 0 Å². The average Bonchev–Trinajstić information content (AvgIpc) is 2.72. The Labute approximate surface area is 167 Å². The van der Waals surface area contributed by atoms with Crippen molar-refractivity contribution in [1.82, 2.24) is 0 Å². The van der Waals surface area contributed by atoms with Gasteiger partial charge in [-0.15, -0.1) is 0 Å². The second kappa shape index (κ2) is 9.14. The number of hydrogen-bond donors (Lipinski definition) is 0. The minimum atomic E-state index is -0.781. The first kappa shape index (κ1) is 20.3. The van der Waals surface area contributed by atoms with Gasteiger partial charge in [-0.3, -0.25) is 4.79 Å². The van der Waals surface area contributed by atoms with Crippen molar-refractivity contribution >= 4 is 16.9 Å². The third-order valence-electron chi connectivity index (χ3n) is 4.01. The minimum Gasteiger partial charge on any atom is -0.490 e. The van der Waals surface area contributed by atoms with Gasteiger partial charge in [0, 0.05) is 6.07 Å². The highest BCUT2D eigenvalue weighted by Gasteiger charge is 2.17. The van der Waals surface area contributed by atoms with E-state index < -0.39 is 12.1 Å². The van der Waals surface area contributed by atoms with Crippen molar-refractivity contribution in [3.8, 4) is 23.0 Å². The lowest BCUT2D eigenvalue weighted by Gasteiger charge is -2.14. The van der Waals surface area contributed by atoms with Crippen LogP contribution in [-0.2, 0) is 9.53 Å². The molecule has 152 valence electrons. The quantitative estimate of drug-likeness (QED) is 0.523. The van der Waals surface area contributed by atoms with Crippen molar-refractivity contribution in [2.75, 3.05) is 13.2 Å². The summed E-state index contributed by atoms with van der Waals surface area (Å²) in [6.45, 7) is 5.92. The molecule has 0 aliphatic rings. The summed E-state index contributed by atoms with van der Waals surface area (Å²) in [7, 11) is 0. The van der Waals surface area contributed by atoms with Crippen LogP contribution in [0, 0.1) is 0 Å². The summed E-state index contributed by atoms with van der Waals surface area (Å²) in [4.78, 5) is 24.5. The predicted octanol–water partition coefficient (Wildman–Crippen LogP) is 4.31. The van der Waals surface area contributed by atoms with Crippen LogP contribution < -0.4 is 19.6 Å². The van der Waals surface area contributed by atoms with E-state index in [0.717, 1.165) is 0 Å². The fraction of sp³-hybridized carbons (Fsp3) is 0.273. The van der Waals surface area contributed by atoms with Crippen LogP contribution in [0.25, 0.3) is 11.0 Å². The number of carbonyl (C=O) groups excluding carboxylic acids is 1. The van der Waals surface area contributed by atoms with Gasteiger partial charge in [0.1, 0.15) is 17.6 Å². The normalized spacial score (nSPS) is 11.7. The number of hydrogen-bond acceptors (Lipinski definition) is 7. The van der Waals surface area contributed by atoms with Crippen molar-refractivity contribution in [2.45, 2.75) is 26.9 Å². The van der Waals surface area contributed by atoms with Gasteiger partial charge in [0.25, 0.3) is 0 Å². The summed E-state index contributed by atoms with van der Waals surface area (Å²) in [5, 5.41) is 0.326. The maximum absolute atomic E-state index is 12.8. The summed E-state index contributed by atoms with van der Waals surface area (Å²) in [5.74, 6) is 0.913. The summed E-state index contributed by atoms with van der Waals surface area (Å²) in [5.41, 5.74) is -0.0171. The van der Waals surface area contributed by atoms with Crippen LogP contribution in [0.4, 0.5) is 0 Å². The number of ether oxygens (including phenoxy) is 4.